The molecular formula is C7H8N2OS. The number of thiophene rings is 1. The van der Waals surface area contributed by atoms with E-state index in [1.807, 2.05) is 17.6 Å². The fourth-order valence-corrected chi connectivity index (χ4v) is 1.77. The summed E-state index contributed by atoms with van der Waals surface area (Å²) in [6, 6.07) is 2.03. The molecule has 0 saturated carbocycles. The van der Waals surface area contributed by atoms with Crippen molar-refractivity contribution in [2.24, 2.45) is 0 Å². The fourth-order valence-electron chi connectivity index (χ4n) is 1.01. The summed E-state index contributed by atoms with van der Waals surface area (Å²) in [5, 5.41) is 16.0. The highest BCUT2D eigenvalue weighted by atomic mass is 32.1. The molecule has 0 atom stereocenters. The summed E-state index contributed by atoms with van der Waals surface area (Å²) in [5.74, 6) is 0. The Hall–Kier alpha value is -0.870. The predicted molar refractivity (Wildman–Crippen MR) is 44.7 cm³/mol. The van der Waals surface area contributed by atoms with Crippen LogP contribution in [0.4, 0.5) is 0 Å². The minimum Gasteiger partial charge on any atom is -0.394 e. The molecule has 2 heterocycles. The molecule has 0 fully saturated rings. The van der Waals surface area contributed by atoms with E-state index < -0.39 is 0 Å². The zero-order valence-corrected chi connectivity index (χ0v) is 6.71. The second-order valence-corrected chi connectivity index (χ2v) is 3.19. The molecule has 0 aromatic carbocycles. The number of nitrogens with zero attached hydrogens (tertiary/aromatic N) is 2. The average molecular weight is 168 g/mol. The molecule has 3 nitrogen and oxygen atoms in total. The Morgan fingerprint density at radius 1 is 1.64 bits per heavy atom. The maximum Gasteiger partial charge on any atom is 0.145 e. The van der Waals surface area contributed by atoms with E-state index in [1.54, 1.807) is 16.0 Å². The van der Waals surface area contributed by atoms with E-state index in [2.05, 4.69) is 5.10 Å². The van der Waals surface area contributed by atoms with E-state index in [9.17, 15) is 0 Å². The van der Waals surface area contributed by atoms with Gasteiger partial charge in [0.25, 0.3) is 0 Å². The number of aliphatic hydroxyl groups is 1. The van der Waals surface area contributed by atoms with Gasteiger partial charge < -0.3 is 5.11 Å². The summed E-state index contributed by atoms with van der Waals surface area (Å²) in [6.07, 6.45) is 1.95. The third-order valence-electron chi connectivity index (χ3n) is 1.51. The molecule has 4 heteroatoms. The van der Waals surface area contributed by atoms with E-state index in [4.69, 9.17) is 5.11 Å². The van der Waals surface area contributed by atoms with E-state index in [0.29, 0.717) is 6.54 Å². The van der Waals surface area contributed by atoms with E-state index >= 15 is 0 Å². The van der Waals surface area contributed by atoms with E-state index in [-0.39, 0.29) is 6.61 Å². The van der Waals surface area contributed by atoms with Crippen LogP contribution >= 0.6 is 11.3 Å². The summed E-state index contributed by atoms with van der Waals surface area (Å²) in [7, 11) is 0. The lowest BCUT2D eigenvalue weighted by molar-refractivity contribution is 0.270. The molecule has 0 aliphatic heterocycles. The normalized spacial score (nSPS) is 11.0. The van der Waals surface area contributed by atoms with Crippen LogP contribution in [0.3, 0.4) is 0 Å². The van der Waals surface area contributed by atoms with Crippen molar-refractivity contribution in [3.05, 3.63) is 17.6 Å². The minimum absolute atomic E-state index is 0.148. The number of aliphatic hydroxyl groups excluding tert-OH is 1. The number of hydrogen-bond acceptors (Lipinski definition) is 3. The van der Waals surface area contributed by atoms with Gasteiger partial charge in [0.2, 0.25) is 0 Å². The third-order valence-corrected chi connectivity index (χ3v) is 2.32. The third kappa shape index (κ3) is 1.15. The van der Waals surface area contributed by atoms with Crippen LogP contribution in [0.25, 0.3) is 10.2 Å². The second-order valence-electron chi connectivity index (χ2n) is 2.30. The zero-order valence-electron chi connectivity index (χ0n) is 5.90. The van der Waals surface area contributed by atoms with Crippen molar-refractivity contribution in [1.82, 2.24) is 9.78 Å². The van der Waals surface area contributed by atoms with Crippen molar-refractivity contribution < 1.29 is 5.11 Å². The zero-order chi connectivity index (χ0) is 7.68. The summed E-state index contributed by atoms with van der Waals surface area (Å²) >= 11 is 1.62. The highest BCUT2D eigenvalue weighted by Gasteiger charge is 1.99. The summed E-state index contributed by atoms with van der Waals surface area (Å²) in [6.45, 7) is 0.732. The van der Waals surface area contributed by atoms with Gasteiger partial charge in [-0.25, -0.2) is 0 Å². The molecule has 0 aliphatic carbocycles. The van der Waals surface area contributed by atoms with Crippen molar-refractivity contribution >= 4 is 21.6 Å². The van der Waals surface area contributed by atoms with Crippen LogP contribution in [0.15, 0.2) is 17.6 Å². The molecule has 11 heavy (non-hydrogen) atoms. The number of fused-ring (bicyclic) bond motifs is 1. The van der Waals surface area contributed by atoms with Gasteiger partial charge in [0.05, 0.1) is 13.2 Å². The molecule has 2 rings (SSSR count). The quantitative estimate of drug-likeness (QED) is 0.729. The largest absolute Gasteiger partial charge is 0.394 e. The van der Waals surface area contributed by atoms with Crippen molar-refractivity contribution in [3.63, 3.8) is 0 Å². The summed E-state index contributed by atoms with van der Waals surface area (Å²) in [5.41, 5.74) is 0. The lowest BCUT2D eigenvalue weighted by atomic mass is 10.5. The maximum atomic E-state index is 8.62. The molecule has 2 aromatic rings. The summed E-state index contributed by atoms with van der Waals surface area (Å²) < 4.78 is 1.77. The van der Waals surface area contributed by atoms with Crippen molar-refractivity contribution in [1.29, 1.82) is 0 Å². The maximum absolute atomic E-state index is 8.62. The average Bonchev–Trinajstić information content (AvgIpc) is 2.46. The van der Waals surface area contributed by atoms with Crippen LogP contribution in [-0.2, 0) is 6.54 Å². The van der Waals surface area contributed by atoms with Gasteiger partial charge in [0, 0.05) is 11.6 Å². The van der Waals surface area contributed by atoms with Gasteiger partial charge in [-0.1, -0.05) is 0 Å². The highest BCUT2D eigenvalue weighted by Crippen LogP contribution is 2.17. The van der Waals surface area contributed by atoms with Crippen molar-refractivity contribution in [3.8, 4) is 0 Å². The first kappa shape index (κ1) is 6.82. The molecular weight excluding hydrogens is 160 g/mol. The van der Waals surface area contributed by atoms with E-state index in [1.165, 1.54) is 0 Å². The molecule has 1 N–H and O–H groups in total. The number of aromatic nitrogens is 2. The molecule has 0 radical (unpaired) electrons. The molecule has 0 amide bonds. The Balaban J connectivity index is 2.42. The molecule has 0 bridgehead atoms. The first-order valence-corrected chi connectivity index (χ1v) is 4.29. The van der Waals surface area contributed by atoms with Crippen LogP contribution < -0.4 is 0 Å². The minimum atomic E-state index is 0.148. The fraction of sp³-hybridized carbons (Fsp3) is 0.286. The van der Waals surface area contributed by atoms with Crippen molar-refractivity contribution in [2.45, 2.75) is 6.54 Å². The van der Waals surface area contributed by atoms with Crippen molar-refractivity contribution in [2.75, 3.05) is 6.61 Å². The lowest BCUT2D eigenvalue weighted by Crippen LogP contribution is -2.01. The first-order chi connectivity index (χ1) is 5.40. The molecule has 2 aromatic heterocycles. The Labute approximate surface area is 67.9 Å². The van der Waals surface area contributed by atoms with Crippen LogP contribution in [0, 0.1) is 0 Å². The van der Waals surface area contributed by atoms with Crippen LogP contribution in [0.5, 0.6) is 0 Å². The number of hydrogen-bond donors (Lipinski definition) is 1. The van der Waals surface area contributed by atoms with Crippen LogP contribution in [0.1, 0.15) is 0 Å². The first-order valence-electron chi connectivity index (χ1n) is 3.41. The van der Waals surface area contributed by atoms with Gasteiger partial charge in [-0.05, 0) is 11.4 Å². The Bertz CT molecular complexity index is 323. The predicted octanol–water partition coefficient (Wildman–Crippen LogP) is 1.09. The highest BCUT2D eigenvalue weighted by molar-refractivity contribution is 7.16. The molecule has 0 aliphatic rings. The SMILES string of the molecule is OCCn1cc2ccsc2n1. The van der Waals surface area contributed by atoms with Gasteiger partial charge in [0.15, 0.2) is 0 Å². The summed E-state index contributed by atoms with van der Waals surface area (Å²) in [4.78, 5) is 1.04. The molecule has 58 valence electrons. The van der Waals surface area contributed by atoms with Gasteiger partial charge in [-0.3, -0.25) is 4.68 Å². The Morgan fingerprint density at radius 2 is 2.55 bits per heavy atom. The molecule has 0 saturated heterocycles. The topological polar surface area (TPSA) is 38.0 Å². The lowest BCUT2D eigenvalue weighted by Gasteiger charge is -1.93. The standard InChI is InChI=1S/C7H8N2OS/c10-3-2-9-5-6-1-4-11-7(6)8-9/h1,4-5,10H,2-3H2. The van der Waals surface area contributed by atoms with Gasteiger partial charge in [-0.15, -0.1) is 11.3 Å². The van der Waals surface area contributed by atoms with Crippen LogP contribution in [-0.4, -0.2) is 21.5 Å². The monoisotopic (exact) mass is 168 g/mol. The van der Waals surface area contributed by atoms with Crippen LogP contribution in [0.2, 0.25) is 0 Å². The van der Waals surface area contributed by atoms with Gasteiger partial charge >= 0.3 is 0 Å². The smallest absolute Gasteiger partial charge is 0.145 e. The second kappa shape index (κ2) is 2.64. The Kier molecular flexibility index (Phi) is 1.63. The molecule has 0 unspecified atom stereocenters. The van der Waals surface area contributed by atoms with Gasteiger partial charge in [-0.2, -0.15) is 5.10 Å². The van der Waals surface area contributed by atoms with Gasteiger partial charge in [0.1, 0.15) is 4.83 Å². The molecule has 0 spiro atoms. The Morgan fingerprint density at radius 3 is 3.27 bits per heavy atom. The number of rotatable bonds is 2. The van der Waals surface area contributed by atoms with E-state index in [0.717, 1.165) is 10.2 Å².